The molecule has 3 heteroatoms. The molecule has 152 valence electrons. The van der Waals surface area contributed by atoms with E-state index in [4.69, 9.17) is 4.74 Å². The molecule has 2 aromatic rings. The maximum atomic E-state index is 13.2. The minimum absolute atomic E-state index is 0.0959. The molecule has 3 nitrogen and oxygen atoms in total. The number of ether oxygens (including phenoxy) is 1. The summed E-state index contributed by atoms with van der Waals surface area (Å²) in [5.41, 5.74) is 2.14. The monoisotopic (exact) mass is 389 g/mol. The third kappa shape index (κ3) is 4.05. The van der Waals surface area contributed by atoms with Gasteiger partial charge >= 0.3 is 0 Å². The lowest BCUT2D eigenvalue weighted by Crippen LogP contribution is -2.51. The molecule has 4 aliphatic rings. The van der Waals surface area contributed by atoms with E-state index in [0.29, 0.717) is 6.61 Å². The first kappa shape index (κ1) is 18.7. The van der Waals surface area contributed by atoms with Gasteiger partial charge in [-0.05, 0) is 98.9 Å². The molecule has 0 unspecified atom stereocenters. The molecule has 0 aliphatic heterocycles. The fourth-order valence-electron chi connectivity index (χ4n) is 6.40. The standard InChI is InChI=1S/C26H31NO2/c28-25(26-16-20-13-21(17-26)15-22(14-20)18-26)27-23-8-10-24(11-9-23)29-12-4-7-19-5-2-1-3-6-19/h1-3,5-6,8-11,20-22H,4,7,12-18H2,(H,27,28). The zero-order valence-electron chi connectivity index (χ0n) is 17.1. The molecular weight excluding hydrogens is 358 g/mol. The smallest absolute Gasteiger partial charge is 0.230 e. The number of rotatable bonds is 7. The highest BCUT2D eigenvalue weighted by Gasteiger charge is 2.54. The highest BCUT2D eigenvalue weighted by molar-refractivity contribution is 5.95. The van der Waals surface area contributed by atoms with Crippen LogP contribution in [0.1, 0.15) is 50.5 Å². The van der Waals surface area contributed by atoms with Crippen molar-refractivity contribution < 1.29 is 9.53 Å². The molecule has 4 aliphatic carbocycles. The lowest BCUT2D eigenvalue weighted by Gasteiger charge is -2.55. The number of benzene rings is 2. The normalized spacial score (nSPS) is 29.6. The van der Waals surface area contributed by atoms with Crippen LogP contribution in [0, 0.1) is 23.2 Å². The van der Waals surface area contributed by atoms with Crippen LogP contribution < -0.4 is 10.1 Å². The van der Waals surface area contributed by atoms with Crippen LogP contribution in [0.3, 0.4) is 0 Å². The molecule has 0 aromatic heterocycles. The molecule has 1 amide bonds. The largest absolute Gasteiger partial charge is 0.494 e. The first-order chi connectivity index (χ1) is 14.2. The molecule has 6 rings (SSSR count). The van der Waals surface area contributed by atoms with E-state index in [1.165, 1.54) is 24.8 Å². The summed E-state index contributed by atoms with van der Waals surface area (Å²) in [6.45, 7) is 0.702. The van der Waals surface area contributed by atoms with Crippen LogP contribution in [0.4, 0.5) is 5.69 Å². The number of nitrogens with one attached hydrogen (secondary N) is 1. The van der Waals surface area contributed by atoms with Crippen LogP contribution in [0.15, 0.2) is 54.6 Å². The molecule has 1 N–H and O–H groups in total. The van der Waals surface area contributed by atoms with Gasteiger partial charge in [0.25, 0.3) is 0 Å². The molecule has 4 bridgehead atoms. The summed E-state index contributed by atoms with van der Waals surface area (Å²) in [4.78, 5) is 13.2. The average Bonchev–Trinajstić information content (AvgIpc) is 2.72. The van der Waals surface area contributed by atoms with Crippen molar-refractivity contribution in [2.45, 2.75) is 51.4 Å². The van der Waals surface area contributed by atoms with E-state index < -0.39 is 0 Å². The SMILES string of the molecule is O=C(Nc1ccc(OCCCc2ccccc2)cc1)C12CC3CC(CC(C3)C1)C2. The van der Waals surface area contributed by atoms with Crippen LogP contribution in [0.25, 0.3) is 0 Å². The maximum Gasteiger partial charge on any atom is 0.230 e. The molecule has 4 fully saturated rings. The third-order valence-electron chi connectivity index (χ3n) is 7.35. The molecule has 0 atom stereocenters. The fourth-order valence-corrected chi connectivity index (χ4v) is 6.40. The van der Waals surface area contributed by atoms with Crippen molar-refractivity contribution in [1.29, 1.82) is 0 Å². The van der Waals surface area contributed by atoms with Crippen molar-refractivity contribution >= 4 is 11.6 Å². The average molecular weight is 390 g/mol. The molecular formula is C26H31NO2. The van der Waals surface area contributed by atoms with E-state index in [1.54, 1.807) is 0 Å². The molecule has 0 radical (unpaired) electrons. The van der Waals surface area contributed by atoms with E-state index in [1.807, 2.05) is 30.3 Å². The summed E-state index contributed by atoms with van der Waals surface area (Å²) in [7, 11) is 0. The quantitative estimate of drug-likeness (QED) is 0.603. The van der Waals surface area contributed by atoms with Gasteiger partial charge in [0, 0.05) is 5.69 Å². The molecule has 0 spiro atoms. The number of amides is 1. The number of hydrogen-bond donors (Lipinski definition) is 1. The topological polar surface area (TPSA) is 38.3 Å². The number of anilines is 1. The van der Waals surface area contributed by atoms with Crippen LogP contribution >= 0.6 is 0 Å². The van der Waals surface area contributed by atoms with Crippen LogP contribution in [0.5, 0.6) is 5.75 Å². The van der Waals surface area contributed by atoms with Crippen LogP contribution in [0.2, 0.25) is 0 Å². The molecule has 0 saturated heterocycles. The van der Waals surface area contributed by atoms with E-state index in [-0.39, 0.29) is 11.3 Å². The summed E-state index contributed by atoms with van der Waals surface area (Å²) in [5.74, 6) is 3.50. The van der Waals surface area contributed by atoms with Gasteiger partial charge in [-0.1, -0.05) is 30.3 Å². The minimum atomic E-state index is -0.0959. The molecule has 29 heavy (non-hydrogen) atoms. The van der Waals surface area contributed by atoms with Gasteiger partial charge in [-0.15, -0.1) is 0 Å². The van der Waals surface area contributed by atoms with E-state index in [9.17, 15) is 4.79 Å². The minimum Gasteiger partial charge on any atom is -0.494 e. The predicted octanol–water partition coefficient (Wildman–Crippen LogP) is 5.85. The Kier molecular flexibility index (Phi) is 5.07. The zero-order chi connectivity index (χ0) is 19.7. The Hall–Kier alpha value is -2.29. The Morgan fingerprint density at radius 3 is 2.14 bits per heavy atom. The number of carbonyl (C=O) groups excluding carboxylic acids is 1. The molecule has 4 saturated carbocycles. The van der Waals surface area contributed by atoms with Gasteiger partial charge in [0.1, 0.15) is 5.75 Å². The Morgan fingerprint density at radius 1 is 0.897 bits per heavy atom. The Labute approximate surface area is 173 Å². The first-order valence-corrected chi connectivity index (χ1v) is 11.3. The van der Waals surface area contributed by atoms with Gasteiger partial charge in [-0.3, -0.25) is 4.79 Å². The fraction of sp³-hybridized carbons (Fsp3) is 0.500. The summed E-state index contributed by atoms with van der Waals surface area (Å²) in [6.07, 6.45) is 9.43. The number of aryl methyl sites for hydroxylation is 1. The highest BCUT2D eigenvalue weighted by Crippen LogP contribution is 2.60. The van der Waals surface area contributed by atoms with Gasteiger partial charge in [-0.25, -0.2) is 0 Å². The van der Waals surface area contributed by atoms with Crippen LogP contribution in [-0.2, 0) is 11.2 Å². The predicted molar refractivity (Wildman–Crippen MR) is 116 cm³/mol. The summed E-state index contributed by atoms with van der Waals surface area (Å²) in [5, 5.41) is 3.22. The van der Waals surface area contributed by atoms with Crippen LogP contribution in [-0.4, -0.2) is 12.5 Å². The van der Waals surface area contributed by atoms with Crippen molar-refractivity contribution in [3.63, 3.8) is 0 Å². The number of hydrogen-bond acceptors (Lipinski definition) is 2. The Morgan fingerprint density at radius 2 is 1.52 bits per heavy atom. The second-order valence-electron chi connectivity index (χ2n) is 9.61. The van der Waals surface area contributed by atoms with Gasteiger partial charge in [0.15, 0.2) is 0 Å². The van der Waals surface area contributed by atoms with Gasteiger partial charge in [0.05, 0.1) is 12.0 Å². The molecule has 0 heterocycles. The second-order valence-corrected chi connectivity index (χ2v) is 9.61. The Bertz CT molecular complexity index is 807. The lowest BCUT2D eigenvalue weighted by molar-refractivity contribution is -0.140. The summed E-state index contributed by atoms with van der Waals surface area (Å²) >= 11 is 0. The lowest BCUT2D eigenvalue weighted by atomic mass is 9.49. The van der Waals surface area contributed by atoms with Gasteiger partial charge < -0.3 is 10.1 Å². The van der Waals surface area contributed by atoms with Crippen molar-refractivity contribution in [3.05, 3.63) is 60.2 Å². The van der Waals surface area contributed by atoms with E-state index in [2.05, 4.69) is 29.6 Å². The van der Waals surface area contributed by atoms with Crippen molar-refractivity contribution in [2.24, 2.45) is 23.2 Å². The maximum absolute atomic E-state index is 13.2. The van der Waals surface area contributed by atoms with Gasteiger partial charge in [0.2, 0.25) is 5.91 Å². The Balaban J connectivity index is 1.12. The summed E-state index contributed by atoms with van der Waals surface area (Å²) < 4.78 is 5.88. The van der Waals surface area contributed by atoms with Crippen molar-refractivity contribution in [3.8, 4) is 5.75 Å². The van der Waals surface area contributed by atoms with Gasteiger partial charge in [-0.2, -0.15) is 0 Å². The number of carbonyl (C=O) groups is 1. The highest BCUT2D eigenvalue weighted by atomic mass is 16.5. The zero-order valence-corrected chi connectivity index (χ0v) is 17.1. The van der Waals surface area contributed by atoms with Crippen molar-refractivity contribution in [1.82, 2.24) is 0 Å². The van der Waals surface area contributed by atoms with Crippen molar-refractivity contribution in [2.75, 3.05) is 11.9 Å². The third-order valence-corrected chi connectivity index (χ3v) is 7.35. The summed E-state index contributed by atoms with van der Waals surface area (Å²) in [6, 6.07) is 18.4. The second kappa shape index (κ2) is 7.85. The molecule has 2 aromatic carbocycles. The first-order valence-electron chi connectivity index (χ1n) is 11.3. The van der Waals surface area contributed by atoms with E-state index in [0.717, 1.165) is 61.3 Å². The van der Waals surface area contributed by atoms with E-state index >= 15 is 0 Å².